The molecule has 112 valence electrons. The minimum atomic E-state index is 0.0909. The SMILES string of the molecule is c1ccc([C@@H]2COC(c3cccc(C4CCCC4)n3)=N2)cc1. The first kappa shape index (κ1) is 13.5. The predicted octanol–water partition coefficient (Wildman–Crippen LogP) is 4.26. The summed E-state index contributed by atoms with van der Waals surface area (Å²) in [6.45, 7) is 0.606. The lowest BCUT2D eigenvalue weighted by Crippen LogP contribution is -2.07. The first-order valence-corrected chi connectivity index (χ1v) is 8.13. The van der Waals surface area contributed by atoms with Gasteiger partial charge in [0.15, 0.2) is 0 Å². The van der Waals surface area contributed by atoms with Gasteiger partial charge in [-0.1, -0.05) is 49.2 Å². The molecule has 1 aromatic heterocycles. The molecule has 1 aliphatic heterocycles. The Balaban J connectivity index is 1.58. The molecule has 4 rings (SSSR count). The Morgan fingerprint density at radius 2 is 1.73 bits per heavy atom. The van der Waals surface area contributed by atoms with Crippen LogP contribution in [0.2, 0.25) is 0 Å². The monoisotopic (exact) mass is 292 g/mol. The third-order valence-corrected chi connectivity index (χ3v) is 4.60. The number of nitrogens with zero attached hydrogens (tertiary/aromatic N) is 2. The van der Waals surface area contributed by atoms with Crippen LogP contribution in [0.3, 0.4) is 0 Å². The minimum Gasteiger partial charge on any atom is -0.474 e. The Morgan fingerprint density at radius 1 is 0.909 bits per heavy atom. The van der Waals surface area contributed by atoms with E-state index in [4.69, 9.17) is 14.7 Å². The molecular weight excluding hydrogens is 272 g/mol. The second-order valence-corrected chi connectivity index (χ2v) is 6.10. The Hall–Kier alpha value is -2.16. The van der Waals surface area contributed by atoms with Gasteiger partial charge in [0.25, 0.3) is 0 Å². The maximum atomic E-state index is 5.81. The number of benzene rings is 1. The van der Waals surface area contributed by atoms with Gasteiger partial charge < -0.3 is 4.74 Å². The van der Waals surface area contributed by atoms with Crippen molar-refractivity contribution in [2.75, 3.05) is 6.61 Å². The predicted molar refractivity (Wildman–Crippen MR) is 87.1 cm³/mol. The molecule has 1 atom stereocenters. The summed E-state index contributed by atoms with van der Waals surface area (Å²) in [6, 6.07) is 16.6. The zero-order valence-corrected chi connectivity index (χ0v) is 12.6. The average molecular weight is 292 g/mol. The lowest BCUT2D eigenvalue weighted by Gasteiger charge is -2.09. The standard InChI is InChI=1S/C19H20N2O/c1-2-7-15(8-3-1)18-13-22-19(21-18)17-12-6-11-16(20-17)14-9-4-5-10-14/h1-3,6-8,11-12,14,18H,4-5,9-10,13H2/t18-/m0/s1. The van der Waals surface area contributed by atoms with Crippen LogP contribution in [0.4, 0.5) is 0 Å². The normalized spacial score (nSPS) is 21.6. The molecule has 3 heteroatoms. The molecule has 0 unspecified atom stereocenters. The van der Waals surface area contributed by atoms with E-state index in [1.807, 2.05) is 24.3 Å². The van der Waals surface area contributed by atoms with Crippen LogP contribution in [0, 0.1) is 0 Å². The lowest BCUT2D eigenvalue weighted by molar-refractivity contribution is 0.319. The number of aromatic nitrogens is 1. The molecule has 3 nitrogen and oxygen atoms in total. The number of aliphatic imine (C=N–C) groups is 1. The van der Waals surface area contributed by atoms with Crippen LogP contribution in [0.1, 0.15) is 54.6 Å². The molecule has 1 saturated carbocycles. The highest BCUT2D eigenvalue weighted by atomic mass is 16.5. The second-order valence-electron chi connectivity index (χ2n) is 6.10. The first-order chi connectivity index (χ1) is 10.9. The smallest absolute Gasteiger partial charge is 0.236 e. The molecule has 0 radical (unpaired) electrons. The number of hydrogen-bond acceptors (Lipinski definition) is 3. The summed E-state index contributed by atoms with van der Waals surface area (Å²) >= 11 is 0. The van der Waals surface area contributed by atoms with E-state index in [1.165, 1.54) is 36.9 Å². The minimum absolute atomic E-state index is 0.0909. The molecule has 1 aliphatic carbocycles. The average Bonchev–Trinajstić information content (AvgIpc) is 3.28. The van der Waals surface area contributed by atoms with Crippen LogP contribution in [-0.2, 0) is 4.74 Å². The van der Waals surface area contributed by atoms with Crippen LogP contribution >= 0.6 is 0 Å². The van der Waals surface area contributed by atoms with E-state index in [0.717, 1.165) is 5.69 Å². The van der Waals surface area contributed by atoms with Gasteiger partial charge in [-0.25, -0.2) is 9.98 Å². The molecule has 2 aromatic rings. The second kappa shape index (κ2) is 5.91. The topological polar surface area (TPSA) is 34.5 Å². The molecule has 0 saturated heterocycles. The van der Waals surface area contributed by atoms with Crippen molar-refractivity contribution in [3.63, 3.8) is 0 Å². The number of rotatable bonds is 3. The summed E-state index contributed by atoms with van der Waals surface area (Å²) in [4.78, 5) is 9.54. The first-order valence-electron chi connectivity index (χ1n) is 8.13. The van der Waals surface area contributed by atoms with Crippen LogP contribution in [0.15, 0.2) is 53.5 Å². The highest BCUT2D eigenvalue weighted by molar-refractivity contribution is 5.93. The third-order valence-electron chi connectivity index (χ3n) is 4.60. The highest BCUT2D eigenvalue weighted by Crippen LogP contribution is 2.33. The van der Waals surface area contributed by atoms with Gasteiger partial charge >= 0.3 is 0 Å². The van der Waals surface area contributed by atoms with E-state index in [0.29, 0.717) is 18.4 Å². The molecule has 0 bridgehead atoms. The van der Waals surface area contributed by atoms with Crippen LogP contribution in [0.5, 0.6) is 0 Å². The largest absolute Gasteiger partial charge is 0.474 e. The van der Waals surface area contributed by atoms with Crippen LogP contribution < -0.4 is 0 Å². The molecule has 2 heterocycles. The van der Waals surface area contributed by atoms with E-state index in [9.17, 15) is 0 Å². The van der Waals surface area contributed by atoms with E-state index in [-0.39, 0.29) is 6.04 Å². The van der Waals surface area contributed by atoms with Gasteiger partial charge in [-0.15, -0.1) is 0 Å². The van der Waals surface area contributed by atoms with E-state index in [1.54, 1.807) is 0 Å². The van der Waals surface area contributed by atoms with Gasteiger partial charge in [0.05, 0.1) is 0 Å². The zero-order chi connectivity index (χ0) is 14.8. The summed E-state index contributed by atoms with van der Waals surface area (Å²) in [6.07, 6.45) is 5.17. The van der Waals surface area contributed by atoms with Gasteiger partial charge in [-0.3, -0.25) is 0 Å². The van der Waals surface area contributed by atoms with Crippen molar-refractivity contribution in [3.05, 3.63) is 65.5 Å². The quantitative estimate of drug-likeness (QED) is 0.847. The molecular formula is C19H20N2O. The molecule has 0 N–H and O–H groups in total. The van der Waals surface area contributed by atoms with E-state index >= 15 is 0 Å². The van der Waals surface area contributed by atoms with E-state index < -0.39 is 0 Å². The molecule has 2 aliphatic rings. The number of ether oxygens (including phenoxy) is 1. The van der Waals surface area contributed by atoms with E-state index in [2.05, 4.69) is 24.3 Å². The van der Waals surface area contributed by atoms with Crippen LogP contribution in [-0.4, -0.2) is 17.5 Å². The molecule has 22 heavy (non-hydrogen) atoms. The Bertz CT molecular complexity index is 675. The fraction of sp³-hybridized carbons (Fsp3) is 0.368. The van der Waals surface area contributed by atoms with Gasteiger partial charge in [0.1, 0.15) is 18.3 Å². The summed E-state index contributed by atoms with van der Waals surface area (Å²) in [5.41, 5.74) is 3.27. The molecule has 0 spiro atoms. The van der Waals surface area contributed by atoms with Crippen molar-refractivity contribution in [2.24, 2.45) is 4.99 Å². The highest BCUT2D eigenvalue weighted by Gasteiger charge is 2.24. The fourth-order valence-corrected chi connectivity index (χ4v) is 3.38. The molecule has 0 amide bonds. The summed E-state index contributed by atoms with van der Waals surface area (Å²) in [7, 11) is 0. The number of hydrogen-bond donors (Lipinski definition) is 0. The Morgan fingerprint density at radius 3 is 2.55 bits per heavy atom. The van der Waals surface area contributed by atoms with Gasteiger partial charge in [0.2, 0.25) is 5.90 Å². The summed E-state index contributed by atoms with van der Waals surface area (Å²) < 4.78 is 5.81. The maximum absolute atomic E-state index is 5.81. The van der Waals surface area contributed by atoms with Crippen molar-refractivity contribution >= 4 is 5.90 Å². The van der Waals surface area contributed by atoms with Gasteiger partial charge in [-0.2, -0.15) is 0 Å². The third kappa shape index (κ3) is 2.63. The molecule has 1 fully saturated rings. The van der Waals surface area contributed by atoms with Gasteiger partial charge in [0, 0.05) is 11.6 Å². The summed E-state index contributed by atoms with van der Waals surface area (Å²) in [5, 5.41) is 0. The zero-order valence-electron chi connectivity index (χ0n) is 12.6. The maximum Gasteiger partial charge on any atom is 0.236 e. The lowest BCUT2D eigenvalue weighted by atomic mass is 10.0. The fourth-order valence-electron chi connectivity index (χ4n) is 3.38. The summed E-state index contributed by atoms with van der Waals surface area (Å²) in [5.74, 6) is 1.31. The van der Waals surface area contributed by atoms with Crippen molar-refractivity contribution in [1.82, 2.24) is 4.98 Å². The van der Waals surface area contributed by atoms with Gasteiger partial charge in [-0.05, 0) is 30.5 Å². The van der Waals surface area contributed by atoms with Crippen molar-refractivity contribution in [1.29, 1.82) is 0 Å². The molecule has 1 aromatic carbocycles. The Labute approximate surface area is 131 Å². The van der Waals surface area contributed by atoms with Crippen molar-refractivity contribution in [2.45, 2.75) is 37.6 Å². The van der Waals surface area contributed by atoms with Crippen LogP contribution in [0.25, 0.3) is 0 Å². The Kier molecular flexibility index (Phi) is 3.63. The van der Waals surface area contributed by atoms with Crippen molar-refractivity contribution < 1.29 is 4.74 Å². The number of pyridine rings is 1. The van der Waals surface area contributed by atoms with Crippen molar-refractivity contribution in [3.8, 4) is 0 Å².